The molecule has 128 valence electrons. The Morgan fingerprint density at radius 3 is 2.56 bits per heavy atom. The van der Waals surface area contributed by atoms with Crippen molar-refractivity contribution < 1.29 is 4.79 Å². The molecule has 2 N–H and O–H groups in total. The molecule has 2 atom stereocenters. The van der Waals surface area contributed by atoms with Crippen molar-refractivity contribution in [2.75, 3.05) is 0 Å². The van der Waals surface area contributed by atoms with Gasteiger partial charge in [-0.25, -0.2) is 4.98 Å². The molecule has 3 rings (SSSR count). The molecule has 2 heterocycles. The van der Waals surface area contributed by atoms with E-state index in [1.165, 1.54) is 0 Å². The third-order valence-electron chi connectivity index (χ3n) is 4.14. The molecule has 25 heavy (non-hydrogen) atoms. The largest absolute Gasteiger partial charge is 0.346 e. The number of aromatic amines is 1. The van der Waals surface area contributed by atoms with Crippen LogP contribution < -0.4 is 5.32 Å². The van der Waals surface area contributed by atoms with Gasteiger partial charge in [0.25, 0.3) is 0 Å². The van der Waals surface area contributed by atoms with Crippen molar-refractivity contribution in [3.05, 3.63) is 66.2 Å². The van der Waals surface area contributed by atoms with Gasteiger partial charge in [0.05, 0.1) is 12.0 Å². The van der Waals surface area contributed by atoms with Crippen LogP contribution >= 0.6 is 0 Å². The Balaban J connectivity index is 1.70. The lowest BCUT2D eigenvalue weighted by Crippen LogP contribution is -2.32. The number of benzene rings is 1. The van der Waals surface area contributed by atoms with E-state index in [4.69, 9.17) is 0 Å². The predicted molar refractivity (Wildman–Crippen MR) is 95.6 cm³/mol. The van der Waals surface area contributed by atoms with Crippen LogP contribution in [0.1, 0.15) is 43.6 Å². The first-order valence-corrected chi connectivity index (χ1v) is 8.37. The molecule has 1 amide bonds. The number of pyridine rings is 1. The highest BCUT2D eigenvalue weighted by Gasteiger charge is 2.22. The number of H-pyrrole nitrogens is 1. The van der Waals surface area contributed by atoms with E-state index in [1.807, 2.05) is 56.3 Å². The van der Waals surface area contributed by atoms with Crippen molar-refractivity contribution in [3.63, 3.8) is 0 Å². The quantitative estimate of drug-likeness (QED) is 0.724. The summed E-state index contributed by atoms with van der Waals surface area (Å²) < 4.78 is 0. The standard InChI is InChI=1S/C19H21N5O/c1-3-16(14-7-5-4-6-8-14)19(25)21-13(2)17-22-18(24-23-17)15-9-11-20-12-10-15/h4-13,16H,3H2,1-2H3,(H,21,25)(H,22,23,24)/t13-,16+/m1/s1. The van der Waals surface area contributed by atoms with E-state index in [2.05, 4.69) is 25.5 Å². The van der Waals surface area contributed by atoms with Crippen molar-refractivity contribution in [2.45, 2.75) is 32.2 Å². The second-order valence-electron chi connectivity index (χ2n) is 5.88. The molecule has 0 saturated carbocycles. The molecule has 0 aliphatic rings. The number of rotatable bonds is 6. The highest BCUT2D eigenvalue weighted by atomic mass is 16.1. The Labute approximate surface area is 146 Å². The SMILES string of the molecule is CC[C@H](C(=O)N[C@H](C)c1nc(-c2ccncc2)n[nH]1)c1ccccc1. The van der Waals surface area contributed by atoms with Gasteiger partial charge in [0.2, 0.25) is 5.91 Å². The molecule has 0 fully saturated rings. The topological polar surface area (TPSA) is 83.6 Å². The van der Waals surface area contributed by atoms with E-state index in [0.29, 0.717) is 11.6 Å². The van der Waals surface area contributed by atoms with Gasteiger partial charge in [-0.2, -0.15) is 5.10 Å². The van der Waals surface area contributed by atoms with Crippen molar-refractivity contribution in [3.8, 4) is 11.4 Å². The molecule has 0 bridgehead atoms. The van der Waals surface area contributed by atoms with E-state index >= 15 is 0 Å². The zero-order valence-electron chi connectivity index (χ0n) is 14.3. The summed E-state index contributed by atoms with van der Waals surface area (Å²) in [7, 11) is 0. The van der Waals surface area contributed by atoms with E-state index < -0.39 is 0 Å². The third kappa shape index (κ3) is 3.91. The Morgan fingerprint density at radius 2 is 1.88 bits per heavy atom. The molecular weight excluding hydrogens is 314 g/mol. The summed E-state index contributed by atoms with van der Waals surface area (Å²) >= 11 is 0. The maximum Gasteiger partial charge on any atom is 0.228 e. The highest BCUT2D eigenvalue weighted by Crippen LogP contribution is 2.21. The van der Waals surface area contributed by atoms with E-state index in [0.717, 1.165) is 17.5 Å². The number of nitrogens with zero attached hydrogens (tertiary/aromatic N) is 3. The zero-order chi connectivity index (χ0) is 17.6. The Bertz CT molecular complexity index is 816. The first-order chi connectivity index (χ1) is 12.2. The third-order valence-corrected chi connectivity index (χ3v) is 4.14. The molecule has 1 aromatic carbocycles. The molecule has 2 aromatic heterocycles. The lowest BCUT2D eigenvalue weighted by atomic mass is 9.95. The second kappa shape index (κ2) is 7.70. The second-order valence-corrected chi connectivity index (χ2v) is 5.88. The van der Waals surface area contributed by atoms with Gasteiger partial charge in [-0.15, -0.1) is 0 Å². The molecule has 0 aliphatic heterocycles. The Morgan fingerprint density at radius 1 is 1.16 bits per heavy atom. The normalized spacial score (nSPS) is 13.2. The van der Waals surface area contributed by atoms with E-state index in [9.17, 15) is 4.79 Å². The van der Waals surface area contributed by atoms with E-state index in [-0.39, 0.29) is 17.9 Å². The molecule has 3 aromatic rings. The highest BCUT2D eigenvalue weighted by molar-refractivity contribution is 5.83. The van der Waals surface area contributed by atoms with E-state index in [1.54, 1.807) is 12.4 Å². The van der Waals surface area contributed by atoms with Crippen LogP contribution in [0.25, 0.3) is 11.4 Å². The van der Waals surface area contributed by atoms with Crippen LogP contribution in [0.15, 0.2) is 54.9 Å². The van der Waals surface area contributed by atoms with Crippen LogP contribution in [-0.2, 0) is 4.79 Å². The first kappa shape index (κ1) is 16.8. The first-order valence-electron chi connectivity index (χ1n) is 8.37. The van der Waals surface area contributed by atoms with Crippen LogP contribution in [0.3, 0.4) is 0 Å². The number of aromatic nitrogens is 4. The molecule has 0 radical (unpaired) electrons. The van der Waals surface area contributed by atoms with Gasteiger partial charge in [-0.1, -0.05) is 37.3 Å². The molecule has 0 aliphatic carbocycles. The number of nitrogens with one attached hydrogen (secondary N) is 2. The summed E-state index contributed by atoms with van der Waals surface area (Å²) in [6.07, 6.45) is 4.13. The monoisotopic (exact) mass is 335 g/mol. The summed E-state index contributed by atoms with van der Waals surface area (Å²) in [6.45, 7) is 3.91. The lowest BCUT2D eigenvalue weighted by molar-refractivity contribution is -0.123. The van der Waals surface area contributed by atoms with Crippen LogP contribution in [0.2, 0.25) is 0 Å². The van der Waals surface area contributed by atoms with Crippen molar-refractivity contribution in [2.24, 2.45) is 0 Å². The Kier molecular flexibility index (Phi) is 5.18. The van der Waals surface area contributed by atoms with Crippen molar-refractivity contribution >= 4 is 5.91 Å². The minimum Gasteiger partial charge on any atom is -0.346 e. The fourth-order valence-electron chi connectivity index (χ4n) is 2.74. The summed E-state index contributed by atoms with van der Waals surface area (Å²) in [5.41, 5.74) is 1.90. The number of carbonyl (C=O) groups is 1. The molecule has 6 nitrogen and oxygen atoms in total. The average molecular weight is 335 g/mol. The van der Waals surface area contributed by atoms with Gasteiger partial charge in [0.15, 0.2) is 5.82 Å². The minimum atomic E-state index is -0.256. The van der Waals surface area contributed by atoms with Crippen LogP contribution in [0.5, 0.6) is 0 Å². The molecule has 6 heteroatoms. The summed E-state index contributed by atoms with van der Waals surface area (Å²) in [5, 5.41) is 10.2. The zero-order valence-corrected chi connectivity index (χ0v) is 14.3. The minimum absolute atomic E-state index is 0.0111. The number of hydrogen-bond donors (Lipinski definition) is 2. The smallest absolute Gasteiger partial charge is 0.228 e. The number of amides is 1. The summed E-state index contributed by atoms with van der Waals surface area (Å²) in [5.74, 6) is 1.03. The van der Waals surface area contributed by atoms with Gasteiger partial charge >= 0.3 is 0 Å². The van der Waals surface area contributed by atoms with Crippen LogP contribution in [-0.4, -0.2) is 26.1 Å². The molecule has 0 unspecified atom stereocenters. The maximum atomic E-state index is 12.7. The fourth-order valence-corrected chi connectivity index (χ4v) is 2.74. The van der Waals surface area contributed by atoms with Gasteiger partial charge in [0.1, 0.15) is 5.82 Å². The van der Waals surface area contributed by atoms with Crippen molar-refractivity contribution in [1.82, 2.24) is 25.5 Å². The van der Waals surface area contributed by atoms with Crippen molar-refractivity contribution in [1.29, 1.82) is 0 Å². The number of hydrogen-bond acceptors (Lipinski definition) is 4. The maximum absolute atomic E-state index is 12.7. The Hall–Kier alpha value is -3.02. The van der Waals surface area contributed by atoms with Gasteiger partial charge in [-0.3, -0.25) is 14.9 Å². The van der Waals surface area contributed by atoms with Crippen LogP contribution in [0.4, 0.5) is 0 Å². The lowest BCUT2D eigenvalue weighted by Gasteiger charge is -2.18. The van der Waals surface area contributed by atoms with Gasteiger partial charge < -0.3 is 5.32 Å². The molecule has 0 spiro atoms. The predicted octanol–water partition coefficient (Wildman–Crippen LogP) is 3.24. The fraction of sp³-hybridized carbons (Fsp3) is 0.263. The van der Waals surface area contributed by atoms with Gasteiger partial charge in [0, 0.05) is 18.0 Å². The van der Waals surface area contributed by atoms with Gasteiger partial charge in [-0.05, 0) is 31.0 Å². The molecular formula is C19H21N5O. The average Bonchev–Trinajstić information content (AvgIpc) is 3.14. The van der Waals surface area contributed by atoms with Crippen LogP contribution in [0, 0.1) is 0 Å². The summed E-state index contributed by atoms with van der Waals surface area (Å²) in [6, 6.07) is 13.2. The number of carbonyl (C=O) groups excluding carboxylic acids is 1. The molecule has 0 saturated heterocycles. The summed E-state index contributed by atoms with van der Waals surface area (Å²) in [4.78, 5) is 21.1.